The van der Waals surface area contributed by atoms with Crippen molar-refractivity contribution in [2.45, 2.75) is 12.2 Å². The first-order chi connectivity index (χ1) is 7.94. The predicted molar refractivity (Wildman–Crippen MR) is 59.6 cm³/mol. The lowest BCUT2D eigenvalue weighted by atomic mass is 10.1. The number of sulfone groups is 1. The minimum atomic E-state index is -3.24. The van der Waals surface area contributed by atoms with Gasteiger partial charge in [0.2, 0.25) is 5.43 Å². The topological polar surface area (TPSA) is 93.3 Å². The number of carbonyl (C=O) groups excluding carboxylic acids is 1. The summed E-state index contributed by atoms with van der Waals surface area (Å²) in [6, 6.07) is 0. The molecule has 1 aromatic rings. The zero-order valence-electron chi connectivity index (χ0n) is 9.15. The fourth-order valence-corrected chi connectivity index (χ4v) is 3.20. The molecule has 2 rings (SSSR count). The number of fused-ring (bicyclic) bond motifs is 1. The summed E-state index contributed by atoms with van der Waals surface area (Å²) in [4.78, 5) is 26.0. The van der Waals surface area contributed by atoms with Crippen LogP contribution in [0.4, 0.5) is 0 Å². The summed E-state index contributed by atoms with van der Waals surface area (Å²) in [5.74, 6) is -1.06. The quantitative estimate of drug-likeness (QED) is 0.693. The molecule has 1 N–H and O–H groups in total. The number of methoxy groups -OCH3 is 1. The van der Waals surface area contributed by atoms with E-state index in [2.05, 4.69) is 9.72 Å². The van der Waals surface area contributed by atoms with Crippen molar-refractivity contribution in [2.24, 2.45) is 0 Å². The van der Waals surface area contributed by atoms with Gasteiger partial charge in [0.05, 0.1) is 18.6 Å². The molecule has 0 bridgehead atoms. The largest absolute Gasteiger partial charge is 0.465 e. The second-order valence-corrected chi connectivity index (χ2v) is 6.01. The Morgan fingerprint density at radius 2 is 2.18 bits per heavy atom. The number of esters is 1. The highest BCUT2D eigenvalue weighted by atomic mass is 32.2. The van der Waals surface area contributed by atoms with Crippen LogP contribution in [0.2, 0.25) is 0 Å². The molecule has 0 amide bonds. The van der Waals surface area contributed by atoms with Crippen molar-refractivity contribution < 1.29 is 17.9 Å². The number of rotatable bonds is 1. The molecule has 0 fully saturated rings. The Bertz CT molecular complexity index is 629. The summed E-state index contributed by atoms with van der Waals surface area (Å²) in [6.45, 7) is 0. The summed E-state index contributed by atoms with van der Waals surface area (Å²) in [6.07, 6.45) is 1.54. The first kappa shape index (κ1) is 11.8. The number of hydrogen-bond donors (Lipinski definition) is 1. The molecule has 7 heteroatoms. The van der Waals surface area contributed by atoms with Crippen LogP contribution >= 0.6 is 0 Å². The number of aryl methyl sites for hydroxylation is 1. The minimum Gasteiger partial charge on any atom is -0.465 e. The Hall–Kier alpha value is -1.63. The zero-order valence-corrected chi connectivity index (χ0v) is 9.96. The molecule has 0 aromatic carbocycles. The molecule has 92 valence electrons. The Morgan fingerprint density at radius 1 is 1.47 bits per heavy atom. The van der Waals surface area contributed by atoms with Crippen LogP contribution in [-0.4, -0.2) is 32.2 Å². The van der Waals surface area contributed by atoms with Crippen LogP contribution in [0.5, 0.6) is 0 Å². The van der Waals surface area contributed by atoms with E-state index in [9.17, 15) is 18.0 Å². The second kappa shape index (κ2) is 3.99. The fourth-order valence-electron chi connectivity index (χ4n) is 1.80. The van der Waals surface area contributed by atoms with Crippen molar-refractivity contribution in [2.75, 3.05) is 12.9 Å². The summed E-state index contributed by atoms with van der Waals surface area (Å²) in [5, 5.41) is 0. The lowest BCUT2D eigenvalue weighted by molar-refractivity contribution is 0.0598. The van der Waals surface area contributed by atoms with E-state index in [1.807, 2.05) is 0 Å². The van der Waals surface area contributed by atoms with Crippen LogP contribution in [0.15, 0.2) is 11.0 Å². The normalized spacial score (nSPS) is 17.2. The van der Waals surface area contributed by atoms with Crippen LogP contribution in [0.3, 0.4) is 0 Å². The van der Waals surface area contributed by atoms with Crippen LogP contribution in [0.25, 0.3) is 0 Å². The number of nitrogens with one attached hydrogen (secondary N) is 1. The molecule has 2 heterocycles. The maximum absolute atomic E-state index is 11.9. The van der Waals surface area contributed by atoms with E-state index in [1.54, 1.807) is 0 Å². The van der Waals surface area contributed by atoms with Gasteiger partial charge in [0.25, 0.3) is 0 Å². The molecule has 0 unspecified atom stereocenters. The third-order valence-electron chi connectivity index (χ3n) is 2.71. The molecule has 6 nitrogen and oxygen atoms in total. The van der Waals surface area contributed by atoms with E-state index in [0.29, 0.717) is 5.69 Å². The number of hydrogen-bond acceptors (Lipinski definition) is 5. The summed E-state index contributed by atoms with van der Waals surface area (Å²) < 4.78 is 27.3. The standard InChI is InChI=1S/C10H11NO5S/c1-16-10(13)6-4-11-8-2-3-17(14,15)5-7(8)9(6)12/h4H,2-3,5H2,1H3,(H,11,12). The van der Waals surface area contributed by atoms with Gasteiger partial charge in [-0.1, -0.05) is 0 Å². The molecule has 0 saturated carbocycles. The first-order valence-corrected chi connectivity index (χ1v) is 6.79. The van der Waals surface area contributed by atoms with Crippen LogP contribution in [0, 0.1) is 0 Å². The van der Waals surface area contributed by atoms with Crippen molar-refractivity contribution >= 4 is 15.8 Å². The highest BCUT2D eigenvalue weighted by Crippen LogP contribution is 2.16. The van der Waals surface area contributed by atoms with Gasteiger partial charge in [-0.15, -0.1) is 0 Å². The second-order valence-electron chi connectivity index (χ2n) is 3.82. The van der Waals surface area contributed by atoms with E-state index in [-0.39, 0.29) is 29.1 Å². The lowest BCUT2D eigenvalue weighted by Gasteiger charge is -2.15. The average molecular weight is 257 g/mol. The number of aromatic nitrogens is 1. The number of aromatic amines is 1. The molecule has 0 aliphatic carbocycles. The van der Waals surface area contributed by atoms with Gasteiger partial charge in [0.1, 0.15) is 5.56 Å². The van der Waals surface area contributed by atoms with Gasteiger partial charge in [-0.2, -0.15) is 0 Å². The van der Waals surface area contributed by atoms with E-state index >= 15 is 0 Å². The van der Waals surface area contributed by atoms with Gasteiger partial charge in [-0.3, -0.25) is 4.79 Å². The van der Waals surface area contributed by atoms with Crippen molar-refractivity contribution in [1.29, 1.82) is 0 Å². The van der Waals surface area contributed by atoms with Crippen LogP contribution in [0.1, 0.15) is 21.6 Å². The van der Waals surface area contributed by atoms with Gasteiger partial charge in [-0.05, 0) is 0 Å². The van der Waals surface area contributed by atoms with Gasteiger partial charge in [0.15, 0.2) is 9.84 Å². The first-order valence-electron chi connectivity index (χ1n) is 4.97. The molecular formula is C10H11NO5S. The Balaban J connectivity index is 2.60. The third-order valence-corrected chi connectivity index (χ3v) is 4.26. The highest BCUT2D eigenvalue weighted by molar-refractivity contribution is 7.90. The van der Waals surface area contributed by atoms with E-state index in [4.69, 9.17) is 0 Å². The van der Waals surface area contributed by atoms with Gasteiger partial charge in [0, 0.05) is 23.9 Å². The third kappa shape index (κ3) is 2.10. The summed E-state index contributed by atoms with van der Waals surface area (Å²) in [7, 11) is -2.08. The molecule has 0 radical (unpaired) electrons. The number of H-pyrrole nitrogens is 1. The minimum absolute atomic E-state index is 0.0213. The zero-order chi connectivity index (χ0) is 12.6. The monoisotopic (exact) mass is 257 g/mol. The maximum atomic E-state index is 11.9. The summed E-state index contributed by atoms with van der Waals surface area (Å²) in [5.41, 5.74) is 0.00820. The van der Waals surface area contributed by atoms with Crippen LogP contribution in [-0.2, 0) is 26.7 Å². The molecule has 17 heavy (non-hydrogen) atoms. The SMILES string of the molecule is COC(=O)c1c[nH]c2c(c1=O)CS(=O)(=O)CC2. The number of pyridine rings is 1. The number of ether oxygens (including phenoxy) is 1. The van der Waals surface area contributed by atoms with Crippen LogP contribution < -0.4 is 5.43 Å². The van der Waals surface area contributed by atoms with Gasteiger partial charge >= 0.3 is 5.97 Å². The average Bonchev–Trinajstić information content (AvgIpc) is 2.29. The predicted octanol–water partition coefficient (Wildman–Crippen LogP) is -0.368. The fraction of sp³-hybridized carbons (Fsp3) is 0.400. The molecular weight excluding hydrogens is 246 g/mol. The Labute approximate surface area is 97.5 Å². The molecule has 1 aliphatic heterocycles. The van der Waals surface area contributed by atoms with Crippen molar-refractivity contribution in [3.05, 3.63) is 33.2 Å². The van der Waals surface area contributed by atoms with Crippen molar-refractivity contribution in [3.63, 3.8) is 0 Å². The molecule has 0 spiro atoms. The molecule has 1 aromatic heterocycles. The van der Waals surface area contributed by atoms with Crippen molar-refractivity contribution in [3.8, 4) is 0 Å². The van der Waals surface area contributed by atoms with Gasteiger partial charge < -0.3 is 9.72 Å². The van der Waals surface area contributed by atoms with E-state index in [1.165, 1.54) is 6.20 Å². The van der Waals surface area contributed by atoms with Crippen molar-refractivity contribution in [1.82, 2.24) is 4.98 Å². The molecule has 0 saturated heterocycles. The Kier molecular flexibility index (Phi) is 2.78. The Morgan fingerprint density at radius 3 is 2.82 bits per heavy atom. The van der Waals surface area contributed by atoms with E-state index < -0.39 is 21.2 Å². The highest BCUT2D eigenvalue weighted by Gasteiger charge is 2.26. The maximum Gasteiger partial charge on any atom is 0.343 e. The van der Waals surface area contributed by atoms with Gasteiger partial charge in [-0.25, -0.2) is 13.2 Å². The molecule has 1 aliphatic rings. The van der Waals surface area contributed by atoms with E-state index in [0.717, 1.165) is 7.11 Å². The lowest BCUT2D eigenvalue weighted by Crippen LogP contribution is -2.29. The molecule has 0 atom stereocenters. The number of carbonyl (C=O) groups is 1. The smallest absolute Gasteiger partial charge is 0.343 e. The summed E-state index contributed by atoms with van der Waals surface area (Å²) >= 11 is 0.